The minimum atomic E-state index is -0.226. The summed E-state index contributed by atoms with van der Waals surface area (Å²) in [4.78, 5) is 5.15. The summed E-state index contributed by atoms with van der Waals surface area (Å²) in [6.45, 7) is 0. The van der Waals surface area contributed by atoms with Gasteiger partial charge in [0.1, 0.15) is 29.3 Å². The Balaban J connectivity index is 1.01. The van der Waals surface area contributed by atoms with Crippen LogP contribution in [0.3, 0.4) is 0 Å². The minimum Gasteiger partial charge on any atom is -0.456 e. The van der Waals surface area contributed by atoms with E-state index in [1.807, 2.05) is 23.5 Å². The van der Waals surface area contributed by atoms with Crippen molar-refractivity contribution in [3.8, 4) is 16.8 Å². The summed E-state index contributed by atoms with van der Waals surface area (Å²) in [5.74, 6) is 0.857. The Kier molecular flexibility index (Phi) is 7.24. The topological polar surface area (TPSA) is 54.5 Å². The SMILES string of the molecule is c1ccc(C2=NC(c3ccccc3)NC(c3cccc4oc5ccc(-c6ccc7sc8cccc(-n9c%10ccccc%10c%10ccccc%109)c8c7c6)cc5c34)N2)cc1. The van der Waals surface area contributed by atoms with Crippen molar-refractivity contribution < 1.29 is 4.42 Å². The van der Waals surface area contributed by atoms with Gasteiger partial charge in [0, 0.05) is 52.8 Å². The van der Waals surface area contributed by atoms with Gasteiger partial charge in [0.15, 0.2) is 0 Å². The van der Waals surface area contributed by atoms with E-state index in [0.29, 0.717) is 0 Å². The van der Waals surface area contributed by atoms with Crippen LogP contribution in [0.5, 0.6) is 0 Å². The molecule has 8 aromatic carbocycles. The lowest BCUT2D eigenvalue weighted by Gasteiger charge is -2.32. The van der Waals surface area contributed by atoms with Gasteiger partial charge in [0.25, 0.3) is 0 Å². The zero-order valence-electron chi connectivity index (χ0n) is 30.7. The second-order valence-electron chi connectivity index (χ2n) is 14.8. The van der Waals surface area contributed by atoms with Gasteiger partial charge < -0.3 is 14.3 Å². The number of rotatable bonds is 5. The lowest BCUT2D eigenvalue weighted by atomic mass is 9.98. The van der Waals surface area contributed by atoms with E-state index in [-0.39, 0.29) is 12.3 Å². The molecule has 4 heterocycles. The molecule has 0 radical (unpaired) electrons. The minimum absolute atomic E-state index is 0.219. The van der Waals surface area contributed by atoms with Crippen molar-refractivity contribution in [3.05, 3.63) is 199 Å². The first-order valence-electron chi connectivity index (χ1n) is 19.4. The fraction of sp³-hybridized carbons (Fsp3) is 0.0392. The van der Waals surface area contributed by atoms with E-state index in [1.165, 1.54) is 53.2 Å². The lowest BCUT2D eigenvalue weighted by molar-refractivity contribution is 0.411. The smallest absolute Gasteiger partial charge is 0.135 e. The summed E-state index contributed by atoms with van der Waals surface area (Å²) in [7, 11) is 0. The maximum atomic E-state index is 6.55. The van der Waals surface area contributed by atoms with Gasteiger partial charge in [-0.2, -0.15) is 0 Å². The molecule has 3 aromatic heterocycles. The Labute approximate surface area is 332 Å². The zero-order chi connectivity index (χ0) is 37.5. The van der Waals surface area contributed by atoms with Crippen LogP contribution in [0.15, 0.2) is 191 Å². The molecular weight excluding hydrogens is 717 g/mol. The molecule has 0 bridgehead atoms. The number of hydrogen-bond donors (Lipinski definition) is 2. The molecule has 12 rings (SSSR count). The molecule has 1 aliphatic rings. The molecule has 11 aromatic rings. The van der Waals surface area contributed by atoms with E-state index in [9.17, 15) is 0 Å². The number of aliphatic imine (C=N–C) groups is 1. The molecule has 0 aliphatic carbocycles. The molecule has 2 N–H and O–H groups in total. The highest BCUT2D eigenvalue weighted by molar-refractivity contribution is 7.25. The van der Waals surface area contributed by atoms with Gasteiger partial charge in [0.2, 0.25) is 0 Å². The van der Waals surface area contributed by atoms with Gasteiger partial charge in [-0.05, 0) is 71.3 Å². The predicted molar refractivity (Wildman–Crippen MR) is 238 cm³/mol. The monoisotopic (exact) mass is 750 g/mol. The van der Waals surface area contributed by atoms with Crippen molar-refractivity contribution in [2.45, 2.75) is 12.3 Å². The van der Waals surface area contributed by atoms with Crippen molar-refractivity contribution in [2.75, 3.05) is 0 Å². The fourth-order valence-electron chi connectivity index (χ4n) is 8.90. The van der Waals surface area contributed by atoms with E-state index in [0.717, 1.165) is 50.0 Å². The normalized spacial score (nSPS) is 15.9. The van der Waals surface area contributed by atoms with E-state index in [4.69, 9.17) is 9.41 Å². The summed E-state index contributed by atoms with van der Waals surface area (Å²) in [6, 6.07) is 64.9. The molecule has 2 unspecified atom stereocenters. The van der Waals surface area contributed by atoms with Crippen LogP contribution in [0.1, 0.15) is 29.0 Å². The van der Waals surface area contributed by atoms with Gasteiger partial charge in [0.05, 0.1) is 16.7 Å². The van der Waals surface area contributed by atoms with Crippen LogP contribution in [0, 0.1) is 0 Å². The average molecular weight is 751 g/mol. The van der Waals surface area contributed by atoms with Gasteiger partial charge in [-0.25, -0.2) is 4.99 Å². The number of furan rings is 1. The third kappa shape index (κ3) is 5.15. The van der Waals surface area contributed by atoms with Crippen molar-refractivity contribution in [2.24, 2.45) is 4.99 Å². The van der Waals surface area contributed by atoms with Crippen molar-refractivity contribution >= 4 is 81.1 Å². The second kappa shape index (κ2) is 12.8. The second-order valence-corrected chi connectivity index (χ2v) is 15.9. The highest BCUT2D eigenvalue weighted by Gasteiger charge is 2.28. The van der Waals surface area contributed by atoms with Crippen molar-refractivity contribution in [1.29, 1.82) is 0 Å². The summed E-state index contributed by atoms with van der Waals surface area (Å²) in [5, 5.41) is 14.8. The number of nitrogens with one attached hydrogen (secondary N) is 2. The predicted octanol–water partition coefficient (Wildman–Crippen LogP) is 13.1. The standard InChI is InChI=1S/C51H34N4OS/c1-3-13-31(14-4-1)49-52-50(32-15-5-2-6-16-32)54-51(53-49)37-19-11-23-44-47(37)38-29-33(25-27-43(38)56-44)34-26-28-45-39(30-34)48-42(22-12-24-46(48)57-45)55-40-20-9-7-17-35(40)36-18-8-10-21-41(36)55/h1-30,49,51,53H,(H,52,54). The Hall–Kier alpha value is -6.99. The first kappa shape index (κ1) is 32.3. The number of hydrogen-bond acceptors (Lipinski definition) is 5. The Morgan fingerprint density at radius 1 is 0.509 bits per heavy atom. The average Bonchev–Trinajstić information content (AvgIpc) is 3.96. The first-order chi connectivity index (χ1) is 28.2. The molecule has 0 amide bonds. The van der Waals surface area contributed by atoms with Crippen molar-refractivity contribution in [3.63, 3.8) is 0 Å². The van der Waals surface area contributed by atoms with Crippen LogP contribution in [0.25, 0.3) is 80.7 Å². The molecule has 5 nitrogen and oxygen atoms in total. The third-order valence-electron chi connectivity index (χ3n) is 11.5. The Morgan fingerprint density at radius 2 is 1.19 bits per heavy atom. The summed E-state index contributed by atoms with van der Waals surface area (Å²) in [5.41, 5.74) is 11.0. The summed E-state index contributed by atoms with van der Waals surface area (Å²) in [6.07, 6.45) is -0.444. The summed E-state index contributed by atoms with van der Waals surface area (Å²) < 4.78 is 11.6. The van der Waals surface area contributed by atoms with E-state index in [2.05, 4.69) is 185 Å². The number of thiophene rings is 1. The number of amidine groups is 1. The van der Waals surface area contributed by atoms with Gasteiger partial charge in [-0.3, -0.25) is 5.32 Å². The van der Waals surface area contributed by atoms with Crippen molar-refractivity contribution in [1.82, 2.24) is 15.2 Å². The number of para-hydroxylation sites is 2. The van der Waals surface area contributed by atoms with Crippen LogP contribution in [-0.2, 0) is 0 Å². The van der Waals surface area contributed by atoms with Gasteiger partial charge in [-0.1, -0.05) is 127 Å². The molecule has 1 aliphatic heterocycles. The number of fused-ring (bicyclic) bond motifs is 9. The van der Waals surface area contributed by atoms with E-state index >= 15 is 0 Å². The molecule has 0 saturated heterocycles. The number of nitrogens with zero attached hydrogens (tertiary/aromatic N) is 2. The molecule has 0 spiro atoms. The van der Waals surface area contributed by atoms with Crippen LogP contribution in [-0.4, -0.2) is 10.4 Å². The first-order valence-corrected chi connectivity index (χ1v) is 20.2. The lowest BCUT2D eigenvalue weighted by Crippen LogP contribution is -2.45. The van der Waals surface area contributed by atoms with E-state index in [1.54, 1.807) is 0 Å². The Bertz CT molecular complexity index is 3320. The number of benzene rings is 8. The highest BCUT2D eigenvalue weighted by atomic mass is 32.1. The van der Waals surface area contributed by atoms with Gasteiger partial charge in [-0.15, -0.1) is 11.3 Å². The van der Waals surface area contributed by atoms with Crippen LogP contribution in [0.4, 0.5) is 0 Å². The summed E-state index contributed by atoms with van der Waals surface area (Å²) >= 11 is 1.86. The maximum absolute atomic E-state index is 6.55. The molecule has 6 heteroatoms. The van der Waals surface area contributed by atoms with Crippen LogP contribution in [0.2, 0.25) is 0 Å². The highest BCUT2D eigenvalue weighted by Crippen LogP contribution is 2.43. The van der Waals surface area contributed by atoms with Crippen LogP contribution >= 0.6 is 11.3 Å². The molecule has 57 heavy (non-hydrogen) atoms. The van der Waals surface area contributed by atoms with E-state index < -0.39 is 0 Å². The maximum Gasteiger partial charge on any atom is 0.135 e. The quantitative estimate of drug-likeness (QED) is 0.184. The van der Waals surface area contributed by atoms with Gasteiger partial charge >= 0.3 is 0 Å². The molecule has 270 valence electrons. The largest absolute Gasteiger partial charge is 0.456 e. The molecular formula is C51H34N4OS. The number of aromatic nitrogens is 1. The molecule has 2 atom stereocenters. The molecule has 0 fully saturated rings. The molecule has 0 saturated carbocycles. The fourth-order valence-corrected chi connectivity index (χ4v) is 10.0. The van der Waals surface area contributed by atoms with Crippen LogP contribution < -0.4 is 10.6 Å². The Morgan fingerprint density at radius 3 is 1.98 bits per heavy atom. The third-order valence-corrected chi connectivity index (χ3v) is 12.6. The zero-order valence-corrected chi connectivity index (χ0v) is 31.5.